The Morgan fingerprint density at radius 3 is 3.09 bits per heavy atom. The van der Waals surface area contributed by atoms with E-state index in [1.54, 1.807) is 6.07 Å². The maximum atomic E-state index is 10.2. The minimum Gasteiger partial charge on any atom is -0.297 e. The first-order valence-electron chi connectivity index (χ1n) is 3.00. The molecule has 1 nitrogen and oxygen atoms in total. The van der Waals surface area contributed by atoms with Crippen LogP contribution in [0.2, 0.25) is 0 Å². The van der Waals surface area contributed by atoms with E-state index in [0.717, 1.165) is 11.8 Å². The summed E-state index contributed by atoms with van der Waals surface area (Å²) in [7, 11) is 0. The molecule has 1 rings (SSSR count). The van der Waals surface area contributed by atoms with E-state index in [0.29, 0.717) is 10.6 Å². The van der Waals surface area contributed by atoms with Gasteiger partial charge in [0.05, 0.1) is 10.6 Å². The van der Waals surface area contributed by atoms with Crippen molar-refractivity contribution in [1.29, 1.82) is 0 Å². The van der Waals surface area contributed by atoms with Crippen molar-refractivity contribution >= 4 is 30.3 Å². The van der Waals surface area contributed by atoms with Gasteiger partial charge in [-0.05, 0) is 6.07 Å². The molecule has 0 amide bonds. The van der Waals surface area contributed by atoms with Crippen molar-refractivity contribution in [3.8, 4) is 11.8 Å². The van der Waals surface area contributed by atoms with Gasteiger partial charge in [-0.1, -0.05) is 11.8 Å². The van der Waals surface area contributed by atoms with Crippen molar-refractivity contribution in [3.63, 3.8) is 0 Å². The van der Waals surface area contributed by atoms with Crippen LogP contribution in [-0.2, 0) is 0 Å². The lowest BCUT2D eigenvalue weighted by molar-refractivity contribution is 0.112. The molecule has 3 heteroatoms. The predicted molar refractivity (Wildman–Crippen MR) is 50.4 cm³/mol. The molecular formula is C8H6OS2. The largest absolute Gasteiger partial charge is 0.297 e. The zero-order chi connectivity index (χ0) is 8.10. The van der Waals surface area contributed by atoms with Crippen molar-refractivity contribution in [1.82, 2.24) is 0 Å². The zero-order valence-corrected chi connectivity index (χ0v) is 7.41. The van der Waals surface area contributed by atoms with Crippen molar-refractivity contribution in [2.45, 2.75) is 0 Å². The van der Waals surface area contributed by atoms with Gasteiger partial charge >= 0.3 is 0 Å². The number of hydrogen-bond acceptors (Lipinski definition) is 3. The highest BCUT2D eigenvalue weighted by Gasteiger charge is 1.93. The lowest BCUT2D eigenvalue weighted by Crippen LogP contribution is -1.68. The molecule has 0 aliphatic rings. The average molecular weight is 182 g/mol. The molecule has 0 aliphatic carbocycles. The second kappa shape index (κ2) is 4.22. The number of thiophene rings is 1. The van der Waals surface area contributed by atoms with Crippen LogP contribution < -0.4 is 0 Å². The summed E-state index contributed by atoms with van der Waals surface area (Å²) in [5.41, 5.74) is 0.895. The second-order valence-corrected chi connectivity index (χ2v) is 3.07. The molecule has 0 radical (unpaired) electrons. The first kappa shape index (κ1) is 8.38. The van der Waals surface area contributed by atoms with Gasteiger partial charge in [-0.2, -0.15) is 12.6 Å². The van der Waals surface area contributed by atoms with Crippen LogP contribution in [0.1, 0.15) is 15.2 Å². The molecule has 11 heavy (non-hydrogen) atoms. The lowest BCUT2D eigenvalue weighted by atomic mass is 10.3. The highest BCUT2D eigenvalue weighted by molar-refractivity contribution is 7.80. The topological polar surface area (TPSA) is 17.1 Å². The molecule has 0 aliphatic heterocycles. The monoisotopic (exact) mass is 182 g/mol. The van der Waals surface area contributed by atoms with Gasteiger partial charge in [0.15, 0.2) is 6.29 Å². The Morgan fingerprint density at radius 2 is 2.55 bits per heavy atom. The summed E-state index contributed by atoms with van der Waals surface area (Å²) in [5, 5.41) is 1.86. The van der Waals surface area contributed by atoms with Gasteiger partial charge in [0.2, 0.25) is 0 Å². The molecule has 0 atom stereocenters. The first-order valence-corrected chi connectivity index (χ1v) is 4.51. The maximum Gasteiger partial charge on any atom is 0.160 e. The van der Waals surface area contributed by atoms with Crippen molar-refractivity contribution in [3.05, 3.63) is 21.9 Å². The smallest absolute Gasteiger partial charge is 0.160 e. The van der Waals surface area contributed by atoms with E-state index in [-0.39, 0.29) is 0 Å². The second-order valence-electron chi connectivity index (χ2n) is 1.82. The van der Waals surface area contributed by atoms with E-state index in [4.69, 9.17) is 0 Å². The van der Waals surface area contributed by atoms with Crippen LogP contribution in [0.4, 0.5) is 0 Å². The molecule has 56 valence electrons. The fourth-order valence-corrected chi connectivity index (χ4v) is 1.34. The van der Waals surface area contributed by atoms with Gasteiger partial charge in [-0.25, -0.2) is 0 Å². The summed E-state index contributed by atoms with van der Waals surface area (Å²) in [6.07, 6.45) is 0.830. The number of carbonyl (C=O) groups excluding carboxylic acids is 1. The van der Waals surface area contributed by atoms with Crippen LogP contribution in [0.3, 0.4) is 0 Å². The summed E-state index contributed by atoms with van der Waals surface area (Å²) in [6, 6.07) is 1.77. The SMILES string of the molecule is O=Cc1cc(C#CCS)cs1. The Labute approximate surface area is 74.8 Å². The van der Waals surface area contributed by atoms with Crippen molar-refractivity contribution in [2.24, 2.45) is 0 Å². The number of thiol groups is 1. The molecule has 1 heterocycles. The van der Waals surface area contributed by atoms with Gasteiger partial charge in [0.1, 0.15) is 0 Å². The molecule has 0 bridgehead atoms. The summed E-state index contributed by atoms with van der Waals surface area (Å²) in [5.74, 6) is 6.23. The molecule has 0 saturated carbocycles. The molecule has 0 saturated heterocycles. The summed E-state index contributed by atoms with van der Waals surface area (Å²) in [4.78, 5) is 11.0. The molecule has 1 aromatic rings. The standard InChI is InChI=1S/C8H6OS2/c9-5-8-4-7(6-11-8)2-1-3-10/h4-6,10H,3H2. The fraction of sp³-hybridized carbons (Fsp3) is 0.125. The van der Waals surface area contributed by atoms with Gasteiger partial charge in [0.25, 0.3) is 0 Å². The van der Waals surface area contributed by atoms with E-state index < -0.39 is 0 Å². The van der Waals surface area contributed by atoms with Gasteiger partial charge < -0.3 is 0 Å². The van der Waals surface area contributed by atoms with Crippen LogP contribution in [0.25, 0.3) is 0 Å². The van der Waals surface area contributed by atoms with Gasteiger partial charge in [-0.15, -0.1) is 11.3 Å². The normalized spacial score (nSPS) is 8.45. The quantitative estimate of drug-likeness (QED) is 0.398. The summed E-state index contributed by atoms with van der Waals surface area (Å²) >= 11 is 5.35. The maximum absolute atomic E-state index is 10.2. The predicted octanol–water partition coefficient (Wildman–Crippen LogP) is 1.84. The summed E-state index contributed by atoms with van der Waals surface area (Å²) < 4.78 is 0. The number of rotatable bonds is 1. The van der Waals surface area contributed by atoms with Crippen LogP contribution in [-0.4, -0.2) is 12.0 Å². The van der Waals surface area contributed by atoms with Gasteiger partial charge in [0, 0.05) is 10.9 Å². The van der Waals surface area contributed by atoms with Crippen LogP contribution in [0, 0.1) is 11.8 Å². The van der Waals surface area contributed by atoms with E-state index in [9.17, 15) is 4.79 Å². The molecule has 1 aromatic heterocycles. The van der Waals surface area contributed by atoms with E-state index >= 15 is 0 Å². The first-order chi connectivity index (χ1) is 5.36. The van der Waals surface area contributed by atoms with Crippen LogP contribution >= 0.6 is 24.0 Å². The summed E-state index contributed by atoms with van der Waals surface area (Å²) in [6.45, 7) is 0. The van der Waals surface area contributed by atoms with Crippen molar-refractivity contribution in [2.75, 3.05) is 5.75 Å². The van der Waals surface area contributed by atoms with Crippen LogP contribution in [0.5, 0.6) is 0 Å². The minimum absolute atomic E-state index is 0.548. The molecular weight excluding hydrogens is 176 g/mol. The Morgan fingerprint density at radius 1 is 1.73 bits per heavy atom. The molecule has 0 unspecified atom stereocenters. The molecule has 0 N–H and O–H groups in total. The van der Waals surface area contributed by atoms with Crippen LogP contribution in [0.15, 0.2) is 11.4 Å². The fourth-order valence-electron chi connectivity index (χ4n) is 0.622. The number of aldehydes is 1. The zero-order valence-electron chi connectivity index (χ0n) is 5.70. The third-order valence-electron chi connectivity index (χ3n) is 1.05. The molecule has 0 spiro atoms. The van der Waals surface area contributed by atoms with Crippen molar-refractivity contribution < 1.29 is 4.79 Å². The third kappa shape index (κ3) is 2.41. The Kier molecular flexibility index (Phi) is 3.21. The average Bonchev–Trinajstić information content (AvgIpc) is 2.48. The van der Waals surface area contributed by atoms with E-state index in [1.165, 1.54) is 11.3 Å². The third-order valence-corrected chi connectivity index (χ3v) is 2.06. The van der Waals surface area contributed by atoms with E-state index in [1.807, 2.05) is 5.38 Å². The highest BCUT2D eigenvalue weighted by atomic mass is 32.1. The Hall–Kier alpha value is -0.720. The van der Waals surface area contributed by atoms with Gasteiger partial charge in [-0.3, -0.25) is 4.79 Å². The number of hydrogen-bond donors (Lipinski definition) is 1. The molecule has 0 fully saturated rings. The Balaban J connectivity index is 2.80. The highest BCUT2D eigenvalue weighted by Crippen LogP contribution is 2.10. The number of carbonyl (C=O) groups is 1. The molecule has 0 aromatic carbocycles. The minimum atomic E-state index is 0.548. The van der Waals surface area contributed by atoms with E-state index in [2.05, 4.69) is 24.5 Å². The lowest BCUT2D eigenvalue weighted by Gasteiger charge is -1.74. The Bertz CT molecular complexity index is 303.